The number of aryl methyl sites for hydroxylation is 4. The van der Waals surface area contributed by atoms with E-state index in [-0.39, 0.29) is 12.0 Å². The molecular formula is C23H23N3O4S. The molecule has 4 aromatic rings. The number of aromatic nitrogens is 3. The number of esters is 1. The van der Waals surface area contributed by atoms with Gasteiger partial charge in [-0.15, -0.1) is 11.3 Å². The number of oxazole rings is 1. The van der Waals surface area contributed by atoms with Crippen LogP contribution in [0.15, 0.2) is 39.7 Å². The summed E-state index contributed by atoms with van der Waals surface area (Å²) >= 11 is 1.46. The number of nitrogens with one attached hydrogen (secondary N) is 1. The van der Waals surface area contributed by atoms with Crippen molar-refractivity contribution in [3.8, 4) is 11.3 Å². The Labute approximate surface area is 183 Å². The second-order valence-corrected chi connectivity index (χ2v) is 8.73. The van der Waals surface area contributed by atoms with E-state index >= 15 is 0 Å². The molecule has 3 heterocycles. The van der Waals surface area contributed by atoms with Crippen LogP contribution in [0.2, 0.25) is 0 Å². The molecule has 0 aliphatic heterocycles. The van der Waals surface area contributed by atoms with Gasteiger partial charge in [-0.2, -0.15) is 0 Å². The molecule has 3 aromatic heterocycles. The van der Waals surface area contributed by atoms with Gasteiger partial charge in [0.25, 0.3) is 5.56 Å². The number of nitrogens with zero attached hydrogens (tertiary/aromatic N) is 2. The van der Waals surface area contributed by atoms with E-state index in [1.807, 2.05) is 45.0 Å². The number of ether oxygens (including phenoxy) is 1. The van der Waals surface area contributed by atoms with Gasteiger partial charge in [0.15, 0.2) is 23.6 Å². The molecule has 0 saturated carbocycles. The van der Waals surface area contributed by atoms with Crippen molar-refractivity contribution in [3.05, 3.63) is 68.5 Å². The van der Waals surface area contributed by atoms with Crippen molar-refractivity contribution in [3.63, 3.8) is 0 Å². The van der Waals surface area contributed by atoms with Crippen LogP contribution in [0.4, 0.5) is 0 Å². The lowest BCUT2D eigenvalue weighted by atomic mass is 10.1. The molecule has 0 fully saturated rings. The van der Waals surface area contributed by atoms with Crippen LogP contribution in [0, 0.1) is 20.8 Å². The van der Waals surface area contributed by atoms with Crippen molar-refractivity contribution in [1.82, 2.24) is 15.0 Å². The molecule has 0 amide bonds. The van der Waals surface area contributed by atoms with Crippen LogP contribution in [0.3, 0.4) is 0 Å². The minimum atomic E-state index is -0.667. The van der Waals surface area contributed by atoms with Gasteiger partial charge in [-0.1, -0.05) is 29.8 Å². The maximum Gasteiger partial charge on any atom is 0.307 e. The summed E-state index contributed by atoms with van der Waals surface area (Å²) in [5, 5.41) is 0.595. The van der Waals surface area contributed by atoms with E-state index in [1.54, 1.807) is 13.1 Å². The van der Waals surface area contributed by atoms with Crippen molar-refractivity contribution >= 4 is 27.5 Å². The molecule has 8 heteroatoms. The van der Waals surface area contributed by atoms with Gasteiger partial charge < -0.3 is 14.1 Å². The van der Waals surface area contributed by atoms with E-state index in [9.17, 15) is 9.59 Å². The lowest BCUT2D eigenvalue weighted by molar-refractivity contribution is -0.149. The largest absolute Gasteiger partial charge is 0.454 e. The number of H-pyrrole nitrogens is 1. The fraction of sp³-hybridized carbons (Fsp3) is 0.304. The number of carbonyl (C=O) groups is 1. The molecule has 0 aliphatic rings. The van der Waals surface area contributed by atoms with Crippen molar-refractivity contribution < 1.29 is 13.9 Å². The smallest absolute Gasteiger partial charge is 0.307 e. The zero-order chi connectivity index (χ0) is 22.1. The first kappa shape index (κ1) is 21.0. The molecule has 1 aromatic carbocycles. The van der Waals surface area contributed by atoms with Crippen LogP contribution in [0.5, 0.6) is 0 Å². The highest BCUT2D eigenvalue weighted by Gasteiger charge is 2.19. The van der Waals surface area contributed by atoms with E-state index in [0.29, 0.717) is 34.1 Å². The van der Waals surface area contributed by atoms with Crippen LogP contribution in [-0.2, 0) is 16.0 Å². The molecule has 0 radical (unpaired) electrons. The average Bonchev–Trinajstić information content (AvgIpc) is 3.32. The monoisotopic (exact) mass is 437 g/mol. The fourth-order valence-corrected chi connectivity index (χ4v) is 4.30. The minimum absolute atomic E-state index is 0.113. The molecule has 0 aliphatic carbocycles. The van der Waals surface area contributed by atoms with Crippen LogP contribution < -0.4 is 5.56 Å². The zero-order valence-corrected chi connectivity index (χ0v) is 18.6. The van der Waals surface area contributed by atoms with E-state index < -0.39 is 12.1 Å². The Morgan fingerprint density at radius 1 is 1.23 bits per heavy atom. The normalized spacial score (nSPS) is 12.3. The van der Waals surface area contributed by atoms with Gasteiger partial charge in [-0.05, 0) is 33.3 Å². The Kier molecular flexibility index (Phi) is 5.73. The predicted molar refractivity (Wildman–Crippen MR) is 119 cm³/mol. The second kappa shape index (κ2) is 8.47. The first-order valence-corrected chi connectivity index (χ1v) is 10.8. The maximum atomic E-state index is 12.4. The minimum Gasteiger partial charge on any atom is -0.454 e. The van der Waals surface area contributed by atoms with Crippen LogP contribution in [-0.4, -0.2) is 20.9 Å². The standard InChI is InChI=1S/C23H23N3O4S/c1-12-5-7-16(8-6-12)17-11-24-18(30-17)9-10-19(27)29-14(3)21-25-22(28)20-13(2)15(4)31-23(20)26-21/h5-8,11,14H,9-10H2,1-4H3,(H,25,26,28)/t14-/m0/s1. The maximum absolute atomic E-state index is 12.4. The van der Waals surface area contributed by atoms with Gasteiger partial charge in [0.2, 0.25) is 0 Å². The first-order chi connectivity index (χ1) is 14.8. The van der Waals surface area contributed by atoms with Crippen molar-refractivity contribution in [2.75, 3.05) is 0 Å². The summed E-state index contributed by atoms with van der Waals surface area (Å²) in [6, 6.07) is 7.95. The van der Waals surface area contributed by atoms with Gasteiger partial charge in [-0.3, -0.25) is 9.59 Å². The highest BCUT2D eigenvalue weighted by Crippen LogP contribution is 2.27. The lowest BCUT2D eigenvalue weighted by Crippen LogP contribution is -2.17. The number of hydrogen-bond acceptors (Lipinski definition) is 7. The number of aromatic amines is 1. The molecule has 7 nitrogen and oxygen atoms in total. The van der Waals surface area contributed by atoms with E-state index in [2.05, 4.69) is 15.0 Å². The number of carbonyl (C=O) groups excluding carboxylic acids is 1. The Hall–Kier alpha value is -3.26. The zero-order valence-electron chi connectivity index (χ0n) is 17.8. The molecule has 0 saturated heterocycles. The highest BCUT2D eigenvalue weighted by molar-refractivity contribution is 7.18. The second-order valence-electron chi connectivity index (χ2n) is 7.53. The molecular weight excluding hydrogens is 414 g/mol. The van der Waals surface area contributed by atoms with Crippen LogP contribution in [0.25, 0.3) is 21.5 Å². The van der Waals surface area contributed by atoms with Gasteiger partial charge in [0.1, 0.15) is 4.83 Å². The summed E-state index contributed by atoms with van der Waals surface area (Å²) in [5.41, 5.74) is 2.82. The molecule has 31 heavy (non-hydrogen) atoms. The van der Waals surface area contributed by atoms with Gasteiger partial charge in [0, 0.05) is 16.9 Å². The highest BCUT2D eigenvalue weighted by atomic mass is 32.1. The van der Waals surface area contributed by atoms with Gasteiger partial charge >= 0.3 is 5.97 Å². The van der Waals surface area contributed by atoms with E-state index in [0.717, 1.165) is 16.0 Å². The van der Waals surface area contributed by atoms with Crippen LogP contribution >= 0.6 is 11.3 Å². The number of rotatable bonds is 6. The summed E-state index contributed by atoms with van der Waals surface area (Å²) in [6.07, 6.45) is 1.43. The number of thiophene rings is 1. The third-order valence-electron chi connectivity index (χ3n) is 5.18. The van der Waals surface area contributed by atoms with Gasteiger partial charge in [-0.25, -0.2) is 9.97 Å². The molecule has 0 unspecified atom stereocenters. The quantitative estimate of drug-likeness (QED) is 0.435. The van der Waals surface area contributed by atoms with Crippen molar-refractivity contribution in [2.45, 2.75) is 46.6 Å². The fourth-order valence-electron chi connectivity index (χ4n) is 3.26. The number of benzene rings is 1. The Morgan fingerprint density at radius 3 is 2.71 bits per heavy atom. The summed E-state index contributed by atoms with van der Waals surface area (Å²) in [6.45, 7) is 7.57. The summed E-state index contributed by atoms with van der Waals surface area (Å²) in [5.74, 6) is 1.06. The Balaban J connectivity index is 1.38. The third kappa shape index (κ3) is 4.44. The predicted octanol–water partition coefficient (Wildman–Crippen LogP) is 4.80. The number of fused-ring (bicyclic) bond motifs is 1. The third-order valence-corrected chi connectivity index (χ3v) is 6.28. The molecule has 0 spiro atoms. The Morgan fingerprint density at radius 2 is 1.97 bits per heavy atom. The van der Waals surface area contributed by atoms with Crippen LogP contribution in [0.1, 0.15) is 47.2 Å². The number of hydrogen-bond donors (Lipinski definition) is 1. The van der Waals surface area contributed by atoms with Crippen molar-refractivity contribution in [2.24, 2.45) is 0 Å². The Bertz CT molecular complexity index is 1300. The molecule has 4 rings (SSSR count). The molecule has 1 atom stereocenters. The van der Waals surface area contributed by atoms with E-state index in [4.69, 9.17) is 9.15 Å². The van der Waals surface area contributed by atoms with Crippen molar-refractivity contribution in [1.29, 1.82) is 0 Å². The molecule has 0 bridgehead atoms. The molecule has 1 N–H and O–H groups in total. The summed E-state index contributed by atoms with van der Waals surface area (Å²) < 4.78 is 11.2. The first-order valence-electron chi connectivity index (χ1n) is 10.0. The summed E-state index contributed by atoms with van der Waals surface area (Å²) in [4.78, 5) is 37.9. The summed E-state index contributed by atoms with van der Waals surface area (Å²) in [7, 11) is 0. The SMILES string of the molecule is Cc1ccc(-c2cnc(CCC(=O)O[C@@H](C)c3nc4sc(C)c(C)c4c(=O)[nH]3)o2)cc1. The van der Waals surface area contributed by atoms with Gasteiger partial charge in [0.05, 0.1) is 18.0 Å². The van der Waals surface area contributed by atoms with E-state index in [1.165, 1.54) is 16.9 Å². The topological polar surface area (TPSA) is 98.1 Å². The molecule has 160 valence electrons. The average molecular weight is 438 g/mol. The lowest BCUT2D eigenvalue weighted by Gasteiger charge is -2.12.